The maximum atomic E-state index is 5.91. The van der Waals surface area contributed by atoms with Gasteiger partial charge >= 0.3 is 17.6 Å². The molecule has 0 aliphatic rings. The van der Waals surface area contributed by atoms with E-state index in [-0.39, 0.29) is 6.17 Å². The fourth-order valence-electron chi connectivity index (χ4n) is 3.32. The summed E-state index contributed by atoms with van der Waals surface area (Å²) < 4.78 is 35.4. The molecule has 0 aliphatic carbocycles. The SMILES string of the molecule is CCO[Si](CCCNC(C)NCCC[Si](OCC)(OCC)OCC)(OCC)OCC. The van der Waals surface area contributed by atoms with Gasteiger partial charge in [0, 0.05) is 51.7 Å². The topological polar surface area (TPSA) is 79.4 Å². The van der Waals surface area contributed by atoms with Gasteiger partial charge in [-0.15, -0.1) is 0 Å². The molecule has 0 bridgehead atoms. The van der Waals surface area contributed by atoms with Gasteiger partial charge in [0.2, 0.25) is 0 Å². The minimum absolute atomic E-state index is 0.217. The van der Waals surface area contributed by atoms with Gasteiger partial charge in [-0.3, -0.25) is 0 Å². The third-order valence-electron chi connectivity index (χ3n) is 4.41. The molecule has 0 rings (SSSR count). The van der Waals surface area contributed by atoms with E-state index < -0.39 is 17.6 Å². The summed E-state index contributed by atoms with van der Waals surface area (Å²) in [6.07, 6.45) is 2.12. The molecule has 0 unspecified atom stereocenters. The minimum atomic E-state index is -2.54. The lowest BCUT2D eigenvalue weighted by atomic mass is 10.4. The van der Waals surface area contributed by atoms with Crippen LogP contribution in [0.15, 0.2) is 0 Å². The molecule has 0 spiro atoms. The third-order valence-corrected chi connectivity index (χ3v) is 10.7. The molecule has 8 nitrogen and oxygen atoms in total. The van der Waals surface area contributed by atoms with Gasteiger partial charge in [-0.25, -0.2) is 0 Å². The fraction of sp³-hybridized carbons (Fsp3) is 1.00. The summed E-state index contributed by atoms with van der Waals surface area (Å²) in [5.41, 5.74) is 0. The zero-order valence-electron chi connectivity index (χ0n) is 20.5. The van der Waals surface area contributed by atoms with E-state index in [2.05, 4.69) is 17.6 Å². The van der Waals surface area contributed by atoms with E-state index in [1.165, 1.54) is 0 Å². The van der Waals surface area contributed by atoms with Crippen LogP contribution < -0.4 is 10.6 Å². The monoisotopic (exact) mass is 468 g/mol. The van der Waals surface area contributed by atoms with Crippen molar-refractivity contribution in [3.05, 3.63) is 0 Å². The molecular weight excluding hydrogens is 420 g/mol. The summed E-state index contributed by atoms with van der Waals surface area (Å²) in [7, 11) is -5.08. The Kier molecular flexibility index (Phi) is 18.7. The van der Waals surface area contributed by atoms with E-state index in [0.29, 0.717) is 39.6 Å². The van der Waals surface area contributed by atoms with Crippen molar-refractivity contribution in [2.45, 2.75) is 79.6 Å². The molecule has 0 heterocycles. The standard InChI is InChI=1S/C20H48N2O6Si2/c1-8-23-29(24-9-2,25-10-3)18-14-16-21-20(7)22-17-15-19-30(26-11-4,27-12-5)28-13-6/h20-22H,8-19H2,1-7H3. The smallest absolute Gasteiger partial charge is 0.374 e. The van der Waals surface area contributed by atoms with Crippen molar-refractivity contribution in [1.82, 2.24) is 10.6 Å². The van der Waals surface area contributed by atoms with Crippen LogP contribution in [0.25, 0.3) is 0 Å². The molecule has 0 atom stereocenters. The molecule has 0 radical (unpaired) electrons. The van der Waals surface area contributed by atoms with Crippen molar-refractivity contribution in [3.8, 4) is 0 Å². The van der Waals surface area contributed by atoms with Crippen LogP contribution in [0, 0.1) is 0 Å². The molecule has 0 saturated heterocycles. The van der Waals surface area contributed by atoms with E-state index in [0.717, 1.165) is 38.0 Å². The zero-order chi connectivity index (χ0) is 22.7. The lowest BCUT2D eigenvalue weighted by molar-refractivity contribution is 0.0701. The summed E-state index contributed by atoms with van der Waals surface area (Å²) in [6.45, 7) is 19.6. The van der Waals surface area contributed by atoms with Gasteiger partial charge in [-0.1, -0.05) is 0 Å². The largest absolute Gasteiger partial charge is 0.500 e. The van der Waals surface area contributed by atoms with Crippen molar-refractivity contribution in [3.63, 3.8) is 0 Å². The van der Waals surface area contributed by atoms with Crippen LogP contribution in [0.3, 0.4) is 0 Å². The van der Waals surface area contributed by atoms with Crippen LogP contribution in [0.1, 0.15) is 61.3 Å². The highest BCUT2D eigenvalue weighted by atomic mass is 28.4. The Hall–Kier alpha value is 0.114. The first kappa shape index (κ1) is 30.1. The minimum Gasteiger partial charge on any atom is -0.374 e. The van der Waals surface area contributed by atoms with Crippen molar-refractivity contribution in [1.29, 1.82) is 0 Å². The van der Waals surface area contributed by atoms with Crippen LogP contribution >= 0.6 is 0 Å². The first-order valence-corrected chi connectivity index (χ1v) is 15.6. The molecule has 182 valence electrons. The second-order valence-corrected chi connectivity index (χ2v) is 12.3. The van der Waals surface area contributed by atoms with Crippen molar-refractivity contribution in [2.75, 3.05) is 52.7 Å². The Bertz CT molecular complexity index is 328. The summed E-state index contributed by atoms with van der Waals surface area (Å²) in [5.74, 6) is 0. The maximum absolute atomic E-state index is 5.91. The number of rotatable bonds is 22. The molecule has 0 aliphatic heterocycles. The number of hydrogen-bond acceptors (Lipinski definition) is 8. The van der Waals surface area contributed by atoms with Crippen LogP contribution in [-0.2, 0) is 26.6 Å². The summed E-state index contributed by atoms with van der Waals surface area (Å²) >= 11 is 0. The molecule has 0 amide bonds. The highest BCUT2D eigenvalue weighted by Crippen LogP contribution is 2.19. The van der Waals surface area contributed by atoms with Gasteiger partial charge in [0.1, 0.15) is 0 Å². The van der Waals surface area contributed by atoms with Gasteiger partial charge in [0.05, 0.1) is 6.17 Å². The van der Waals surface area contributed by atoms with Gasteiger partial charge in [0.15, 0.2) is 0 Å². The molecule has 0 saturated carbocycles. The molecule has 0 fully saturated rings. The molecule has 0 aromatic carbocycles. The van der Waals surface area contributed by atoms with Crippen LogP contribution in [0.4, 0.5) is 0 Å². The molecule has 10 heteroatoms. The van der Waals surface area contributed by atoms with Crippen LogP contribution in [0.2, 0.25) is 12.1 Å². The Morgan fingerprint density at radius 2 is 0.800 bits per heavy atom. The van der Waals surface area contributed by atoms with Crippen molar-refractivity contribution in [2.24, 2.45) is 0 Å². The second-order valence-electron chi connectivity index (χ2n) is 6.80. The highest BCUT2D eigenvalue weighted by Gasteiger charge is 2.40. The van der Waals surface area contributed by atoms with Gasteiger partial charge < -0.3 is 37.2 Å². The average Bonchev–Trinajstić information content (AvgIpc) is 2.70. The summed E-state index contributed by atoms with van der Waals surface area (Å²) in [6, 6.07) is 1.65. The van der Waals surface area contributed by atoms with Gasteiger partial charge in [-0.05, 0) is 74.4 Å². The second kappa shape index (κ2) is 18.7. The molecular formula is C20H48N2O6Si2. The predicted octanol–water partition coefficient (Wildman–Crippen LogP) is 3.39. The van der Waals surface area contributed by atoms with Crippen molar-refractivity contribution < 1.29 is 26.6 Å². The number of hydrogen-bond donors (Lipinski definition) is 2. The molecule has 2 N–H and O–H groups in total. The quantitative estimate of drug-likeness (QED) is 0.142. The molecule has 0 aromatic heterocycles. The van der Waals surface area contributed by atoms with E-state index in [9.17, 15) is 0 Å². The average molecular weight is 469 g/mol. The Balaban J connectivity index is 4.25. The Morgan fingerprint density at radius 1 is 0.533 bits per heavy atom. The first-order valence-electron chi connectivity index (χ1n) is 11.8. The Morgan fingerprint density at radius 3 is 1.03 bits per heavy atom. The lowest BCUT2D eigenvalue weighted by Gasteiger charge is -2.29. The van der Waals surface area contributed by atoms with E-state index in [1.54, 1.807) is 0 Å². The normalized spacial score (nSPS) is 12.8. The van der Waals surface area contributed by atoms with Crippen molar-refractivity contribution >= 4 is 17.6 Å². The van der Waals surface area contributed by atoms with Gasteiger partial charge in [-0.2, -0.15) is 0 Å². The lowest BCUT2D eigenvalue weighted by Crippen LogP contribution is -2.47. The fourth-order valence-corrected chi connectivity index (χ4v) is 8.55. The predicted molar refractivity (Wildman–Crippen MR) is 126 cm³/mol. The van der Waals surface area contributed by atoms with Crippen LogP contribution in [0.5, 0.6) is 0 Å². The van der Waals surface area contributed by atoms with E-state index >= 15 is 0 Å². The highest BCUT2D eigenvalue weighted by molar-refractivity contribution is 6.61. The van der Waals surface area contributed by atoms with Gasteiger partial charge in [0.25, 0.3) is 0 Å². The number of nitrogens with one attached hydrogen (secondary N) is 2. The van der Waals surface area contributed by atoms with Crippen LogP contribution in [-0.4, -0.2) is 76.5 Å². The van der Waals surface area contributed by atoms with E-state index in [1.807, 2.05) is 41.5 Å². The molecule has 30 heavy (non-hydrogen) atoms. The zero-order valence-corrected chi connectivity index (χ0v) is 22.5. The maximum Gasteiger partial charge on any atom is 0.500 e. The summed E-state index contributed by atoms with van der Waals surface area (Å²) in [4.78, 5) is 0. The first-order chi connectivity index (χ1) is 14.5. The van der Waals surface area contributed by atoms with E-state index in [4.69, 9.17) is 26.6 Å². The Labute approximate surface area is 187 Å². The third kappa shape index (κ3) is 12.8. The molecule has 0 aromatic rings. The summed E-state index contributed by atoms with van der Waals surface area (Å²) in [5, 5.41) is 7.03.